The fraction of sp³-hybridized carbons (Fsp3) is 0.0714. The van der Waals surface area contributed by atoms with E-state index in [1.54, 1.807) is 60.7 Å². The Morgan fingerprint density at radius 1 is 0.639 bits per heavy atom. The maximum Gasteiger partial charge on any atom is 0.336 e. The number of carboxylic acid groups (broad SMARTS) is 2. The zero-order chi connectivity index (χ0) is 25.8. The Kier molecular flexibility index (Phi) is 6.89. The minimum absolute atomic E-state index is 0.100. The SMILES string of the molecule is O=C(O)c1ccc(C(=O)Nc2ccccc2)c2c(C(=O)O)ccc(C(=O)CC(O)c3ccccc3)c12. The molecule has 1 atom stereocenters. The lowest BCUT2D eigenvalue weighted by molar-refractivity contribution is 0.0686. The molecule has 0 aliphatic rings. The number of nitrogens with one attached hydrogen (secondary N) is 1. The monoisotopic (exact) mass is 483 g/mol. The lowest BCUT2D eigenvalue weighted by Gasteiger charge is -2.16. The third-order valence-corrected chi connectivity index (χ3v) is 5.76. The number of aliphatic hydroxyl groups excluding tert-OH is 1. The Hall–Kier alpha value is -4.82. The third kappa shape index (κ3) is 4.84. The highest BCUT2D eigenvalue weighted by Crippen LogP contribution is 2.33. The van der Waals surface area contributed by atoms with Crippen molar-refractivity contribution >= 4 is 40.1 Å². The Bertz CT molecular complexity index is 1480. The number of aliphatic hydroxyl groups is 1. The number of carboxylic acids is 2. The molecule has 0 saturated heterocycles. The number of carbonyl (C=O) groups is 4. The van der Waals surface area contributed by atoms with Gasteiger partial charge in [-0.3, -0.25) is 9.59 Å². The van der Waals surface area contributed by atoms with Gasteiger partial charge >= 0.3 is 11.9 Å². The van der Waals surface area contributed by atoms with Crippen LogP contribution in [0.2, 0.25) is 0 Å². The minimum atomic E-state index is -1.39. The van der Waals surface area contributed by atoms with Crippen molar-refractivity contribution in [1.29, 1.82) is 0 Å². The van der Waals surface area contributed by atoms with Crippen LogP contribution >= 0.6 is 0 Å². The third-order valence-electron chi connectivity index (χ3n) is 5.76. The Labute approximate surface area is 205 Å². The second kappa shape index (κ2) is 10.2. The predicted molar refractivity (Wildman–Crippen MR) is 133 cm³/mol. The van der Waals surface area contributed by atoms with E-state index < -0.39 is 29.7 Å². The van der Waals surface area contributed by atoms with Crippen LogP contribution in [0.5, 0.6) is 0 Å². The van der Waals surface area contributed by atoms with Gasteiger partial charge in [-0.05, 0) is 42.0 Å². The van der Waals surface area contributed by atoms with E-state index in [-0.39, 0.29) is 39.4 Å². The summed E-state index contributed by atoms with van der Waals surface area (Å²) in [4.78, 5) is 50.6. The second-order valence-corrected chi connectivity index (χ2v) is 8.06. The van der Waals surface area contributed by atoms with E-state index in [1.807, 2.05) is 0 Å². The standard InChI is InChI=1S/C28H21NO7/c30-22(16-7-3-1-4-8-16)15-23(31)18-11-13-21(28(35)36)25-19(12-14-20(24(18)25)27(33)34)26(32)29-17-9-5-2-6-10-17/h1-14,22,30H,15H2,(H,29,32)(H,33,34)(H,35,36). The molecular formula is C28H21NO7. The van der Waals surface area contributed by atoms with E-state index in [2.05, 4.69) is 5.32 Å². The number of fused-ring (bicyclic) bond motifs is 1. The zero-order valence-electron chi connectivity index (χ0n) is 18.8. The van der Waals surface area contributed by atoms with Gasteiger partial charge in [0, 0.05) is 34.0 Å². The van der Waals surface area contributed by atoms with E-state index in [0.29, 0.717) is 11.3 Å². The number of para-hydroxylation sites is 1. The smallest absolute Gasteiger partial charge is 0.336 e. The summed E-state index contributed by atoms with van der Waals surface area (Å²) >= 11 is 0. The van der Waals surface area contributed by atoms with Gasteiger partial charge in [-0.15, -0.1) is 0 Å². The number of amides is 1. The number of carbonyl (C=O) groups excluding carboxylic acids is 2. The molecule has 36 heavy (non-hydrogen) atoms. The Morgan fingerprint density at radius 3 is 1.67 bits per heavy atom. The number of benzene rings is 4. The lowest BCUT2D eigenvalue weighted by atomic mass is 9.88. The number of hydrogen-bond donors (Lipinski definition) is 4. The number of aromatic carboxylic acids is 2. The molecular weight excluding hydrogens is 462 g/mol. The van der Waals surface area contributed by atoms with Crippen molar-refractivity contribution in [3.05, 3.63) is 113 Å². The topological polar surface area (TPSA) is 141 Å². The highest BCUT2D eigenvalue weighted by molar-refractivity contribution is 6.25. The molecule has 4 rings (SSSR count). The molecule has 0 aliphatic heterocycles. The van der Waals surface area contributed by atoms with Crippen LogP contribution in [0.4, 0.5) is 5.69 Å². The summed E-state index contributed by atoms with van der Waals surface area (Å²) in [5.41, 5.74) is 0.0892. The first kappa shape index (κ1) is 24.3. The summed E-state index contributed by atoms with van der Waals surface area (Å²) in [6.45, 7) is 0. The van der Waals surface area contributed by atoms with Crippen molar-refractivity contribution in [1.82, 2.24) is 0 Å². The van der Waals surface area contributed by atoms with Gasteiger partial charge in [-0.25, -0.2) is 9.59 Å². The average molecular weight is 483 g/mol. The van der Waals surface area contributed by atoms with Gasteiger partial charge in [0.2, 0.25) is 0 Å². The first-order chi connectivity index (χ1) is 17.3. The molecule has 4 aromatic rings. The maximum absolute atomic E-state index is 13.3. The van der Waals surface area contributed by atoms with Crippen molar-refractivity contribution in [2.45, 2.75) is 12.5 Å². The van der Waals surface area contributed by atoms with Gasteiger partial charge in [0.25, 0.3) is 5.91 Å². The summed E-state index contributed by atoms with van der Waals surface area (Å²) in [6, 6.07) is 21.7. The van der Waals surface area contributed by atoms with Crippen LogP contribution < -0.4 is 5.32 Å². The molecule has 0 aromatic heterocycles. The Balaban J connectivity index is 1.88. The first-order valence-electron chi connectivity index (χ1n) is 11.0. The molecule has 0 aliphatic carbocycles. The van der Waals surface area contributed by atoms with Crippen LogP contribution in [0.1, 0.15) is 59.5 Å². The molecule has 0 radical (unpaired) electrons. The van der Waals surface area contributed by atoms with Gasteiger partial charge in [0.1, 0.15) is 0 Å². The van der Waals surface area contributed by atoms with Gasteiger partial charge < -0.3 is 20.6 Å². The van der Waals surface area contributed by atoms with Crippen molar-refractivity contribution in [3.63, 3.8) is 0 Å². The quantitative estimate of drug-likeness (QED) is 0.264. The number of rotatable bonds is 8. The molecule has 8 nitrogen and oxygen atoms in total. The molecule has 0 fully saturated rings. The molecule has 0 heterocycles. The highest BCUT2D eigenvalue weighted by Gasteiger charge is 2.26. The van der Waals surface area contributed by atoms with E-state index in [0.717, 1.165) is 6.07 Å². The molecule has 4 N–H and O–H groups in total. The molecule has 0 spiro atoms. The molecule has 1 amide bonds. The predicted octanol–water partition coefficient (Wildman–Crippen LogP) is 4.79. The van der Waals surface area contributed by atoms with E-state index >= 15 is 0 Å². The van der Waals surface area contributed by atoms with E-state index in [1.165, 1.54) is 18.2 Å². The molecule has 0 saturated carbocycles. The number of anilines is 1. The van der Waals surface area contributed by atoms with Crippen molar-refractivity contribution in [2.75, 3.05) is 5.32 Å². The van der Waals surface area contributed by atoms with E-state index in [4.69, 9.17) is 0 Å². The first-order valence-corrected chi connectivity index (χ1v) is 11.0. The van der Waals surface area contributed by atoms with Crippen molar-refractivity contribution in [2.24, 2.45) is 0 Å². The Morgan fingerprint density at radius 2 is 1.11 bits per heavy atom. The normalized spacial score (nSPS) is 11.6. The van der Waals surface area contributed by atoms with Crippen LogP contribution in [0.3, 0.4) is 0 Å². The van der Waals surface area contributed by atoms with Crippen LogP contribution in [0.15, 0.2) is 84.9 Å². The average Bonchev–Trinajstić information content (AvgIpc) is 2.88. The van der Waals surface area contributed by atoms with Crippen molar-refractivity contribution in [3.8, 4) is 0 Å². The summed E-state index contributed by atoms with van der Waals surface area (Å²) in [7, 11) is 0. The summed E-state index contributed by atoms with van der Waals surface area (Å²) < 4.78 is 0. The molecule has 180 valence electrons. The number of ketones is 1. The van der Waals surface area contributed by atoms with E-state index in [9.17, 15) is 34.5 Å². The molecule has 1 unspecified atom stereocenters. The summed E-state index contributed by atoms with van der Waals surface area (Å²) in [6.07, 6.45) is -1.53. The van der Waals surface area contributed by atoms with Gasteiger partial charge in [-0.1, -0.05) is 48.5 Å². The summed E-state index contributed by atoms with van der Waals surface area (Å²) in [5.74, 6) is -4.05. The largest absolute Gasteiger partial charge is 0.478 e. The molecule has 4 aromatic carbocycles. The maximum atomic E-state index is 13.3. The fourth-order valence-electron chi connectivity index (χ4n) is 4.07. The molecule has 0 bridgehead atoms. The van der Waals surface area contributed by atoms with Crippen LogP contribution in [-0.2, 0) is 0 Å². The lowest BCUT2D eigenvalue weighted by Crippen LogP contribution is -2.16. The minimum Gasteiger partial charge on any atom is -0.478 e. The molecule has 8 heteroatoms. The zero-order valence-corrected chi connectivity index (χ0v) is 18.8. The number of hydrogen-bond acceptors (Lipinski definition) is 5. The van der Waals surface area contributed by atoms with Crippen LogP contribution in [-0.4, -0.2) is 38.9 Å². The van der Waals surface area contributed by atoms with Crippen LogP contribution in [0.25, 0.3) is 10.8 Å². The fourth-order valence-corrected chi connectivity index (χ4v) is 4.07. The summed E-state index contributed by atoms with van der Waals surface area (Å²) in [5, 5.41) is 32.5. The highest BCUT2D eigenvalue weighted by atomic mass is 16.4. The second-order valence-electron chi connectivity index (χ2n) is 8.06. The van der Waals surface area contributed by atoms with Gasteiger partial charge in [0.05, 0.1) is 17.2 Å². The number of Topliss-reactive ketones (excluding diaryl/α,β-unsaturated/α-hetero) is 1. The van der Waals surface area contributed by atoms with Gasteiger partial charge in [-0.2, -0.15) is 0 Å². The van der Waals surface area contributed by atoms with Crippen molar-refractivity contribution < 1.29 is 34.5 Å². The van der Waals surface area contributed by atoms with Gasteiger partial charge in [0.15, 0.2) is 5.78 Å². The van der Waals surface area contributed by atoms with Crippen LogP contribution in [0, 0.1) is 0 Å².